The van der Waals surface area contributed by atoms with Gasteiger partial charge in [0.15, 0.2) is 6.61 Å². The molecule has 2 aromatic rings. The molecular weight excluding hydrogens is 354 g/mol. The maximum Gasteiger partial charge on any atom is 0.437 e. The van der Waals surface area contributed by atoms with Gasteiger partial charge in [0.05, 0.1) is 12.2 Å². The Balaban J connectivity index is 1.55. The Bertz CT molecular complexity index is 849. The number of amides is 1. The van der Waals surface area contributed by atoms with Crippen LogP contribution in [0.1, 0.15) is 13.8 Å². The molecule has 1 amide bonds. The maximum absolute atomic E-state index is 12.2. The third-order valence-electron chi connectivity index (χ3n) is 4.03. The second kappa shape index (κ2) is 8.17. The molecule has 2 heterocycles. The molecule has 0 unspecified atom stereocenters. The predicted octanol–water partition coefficient (Wildman–Crippen LogP) is 0.682. The molecule has 27 heavy (non-hydrogen) atoms. The number of esters is 1. The number of ether oxygens (including phenoxy) is 2. The molecule has 0 saturated carbocycles. The van der Waals surface area contributed by atoms with E-state index in [1.165, 1.54) is 0 Å². The topological polar surface area (TPSA) is 104 Å². The summed E-state index contributed by atoms with van der Waals surface area (Å²) in [6.45, 7) is 3.83. The smallest absolute Gasteiger partial charge is 0.437 e. The molecule has 0 bridgehead atoms. The highest BCUT2D eigenvalue weighted by Gasteiger charge is 2.26. The van der Waals surface area contributed by atoms with E-state index in [1.54, 1.807) is 29.2 Å². The third kappa shape index (κ3) is 4.82. The van der Waals surface area contributed by atoms with E-state index in [4.69, 9.17) is 13.9 Å². The number of benzene rings is 1. The van der Waals surface area contributed by atoms with Gasteiger partial charge in [0, 0.05) is 18.7 Å². The lowest BCUT2D eigenvalue weighted by Gasteiger charge is -2.35. The molecule has 0 spiro atoms. The second-order valence-corrected chi connectivity index (χ2v) is 6.41. The Labute approximate surface area is 155 Å². The van der Waals surface area contributed by atoms with Gasteiger partial charge in [-0.2, -0.15) is 4.68 Å². The predicted molar refractivity (Wildman–Crippen MR) is 93.7 cm³/mol. The van der Waals surface area contributed by atoms with Crippen molar-refractivity contribution in [2.75, 3.05) is 19.7 Å². The minimum absolute atomic E-state index is 0.0708. The van der Waals surface area contributed by atoms with E-state index in [2.05, 4.69) is 5.10 Å². The summed E-state index contributed by atoms with van der Waals surface area (Å²) < 4.78 is 16.5. The van der Waals surface area contributed by atoms with Crippen LogP contribution in [0.2, 0.25) is 0 Å². The average Bonchev–Trinajstić information content (AvgIpc) is 3.00. The van der Waals surface area contributed by atoms with E-state index in [-0.39, 0.29) is 24.0 Å². The van der Waals surface area contributed by atoms with Crippen LogP contribution in [0.4, 0.5) is 0 Å². The van der Waals surface area contributed by atoms with Gasteiger partial charge in [0.25, 0.3) is 5.91 Å². The van der Waals surface area contributed by atoms with Gasteiger partial charge in [-0.25, -0.2) is 4.79 Å². The van der Waals surface area contributed by atoms with Crippen LogP contribution in [0.5, 0.6) is 0 Å². The molecule has 1 saturated heterocycles. The summed E-state index contributed by atoms with van der Waals surface area (Å²) in [5, 5.41) is 3.98. The van der Waals surface area contributed by atoms with E-state index in [1.807, 2.05) is 19.9 Å². The quantitative estimate of drug-likeness (QED) is 0.708. The number of hydrogen-bond donors (Lipinski definition) is 0. The Morgan fingerprint density at radius 1 is 1.19 bits per heavy atom. The monoisotopic (exact) mass is 375 g/mol. The van der Waals surface area contributed by atoms with Crippen LogP contribution in [-0.2, 0) is 25.6 Å². The van der Waals surface area contributed by atoms with Crippen molar-refractivity contribution in [3.63, 3.8) is 0 Å². The van der Waals surface area contributed by atoms with E-state index >= 15 is 0 Å². The van der Waals surface area contributed by atoms with Crippen LogP contribution in [0.3, 0.4) is 0 Å². The van der Waals surface area contributed by atoms with E-state index < -0.39 is 24.9 Å². The van der Waals surface area contributed by atoms with Crippen LogP contribution in [-0.4, -0.2) is 58.5 Å². The zero-order valence-corrected chi connectivity index (χ0v) is 15.2. The highest BCUT2D eigenvalue weighted by atomic mass is 16.5. The fourth-order valence-electron chi connectivity index (χ4n) is 2.89. The molecule has 0 radical (unpaired) electrons. The van der Waals surface area contributed by atoms with Crippen molar-refractivity contribution < 1.29 is 23.5 Å². The lowest BCUT2D eigenvalue weighted by Crippen LogP contribution is -2.49. The van der Waals surface area contributed by atoms with Gasteiger partial charge in [-0.3, -0.25) is 9.59 Å². The molecule has 3 rings (SSSR count). The molecule has 1 aromatic heterocycles. The third-order valence-corrected chi connectivity index (χ3v) is 4.03. The van der Waals surface area contributed by atoms with Gasteiger partial charge in [-0.15, -0.1) is 5.10 Å². The molecular formula is C18H21N3O6. The first-order valence-electron chi connectivity index (χ1n) is 8.64. The van der Waals surface area contributed by atoms with Crippen molar-refractivity contribution in [2.45, 2.75) is 32.6 Å². The molecule has 1 aliphatic heterocycles. The lowest BCUT2D eigenvalue weighted by atomic mass is 10.2. The summed E-state index contributed by atoms with van der Waals surface area (Å²) >= 11 is 0. The summed E-state index contributed by atoms with van der Waals surface area (Å²) in [6, 6.07) is 8.85. The van der Waals surface area contributed by atoms with Gasteiger partial charge >= 0.3 is 11.7 Å². The molecule has 0 aliphatic carbocycles. The van der Waals surface area contributed by atoms with Crippen molar-refractivity contribution in [2.24, 2.45) is 0 Å². The minimum Gasteiger partial charge on any atom is -0.454 e. The van der Waals surface area contributed by atoms with Crippen LogP contribution in [0, 0.1) is 0 Å². The average molecular weight is 375 g/mol. The molecule has 9 heteroatoms. The van der Waals surface area contributed by atoms with Gasteiger partial charge in [0.2, 0.25) is 5.89 Å². The number of hydrogen-bond acceptors (Lipinski definition) is 7. The van der Waals surface area contributed by atoms with Crippen molar-refractivity contribution in [3.8, 4) is 11.5 Å². The van der Waals surface area contributed by atoms with E-state index in [9.17, 15) is 14.4 Å². The Hall–Kier alpha value is -2.94. The molecule has 1 aliphatic rings. The van der Waals surface area contributed by atoms with Crippen molar-refractivity contribution in [1.29, 1.82) is 0 Å². The number of carbonyl (C=O) groups is 2. The summed E-state index contributed by atoms with van der Waals surface area (Å²) in [4.78, 5) is 37.6. The Kier molecular flexibility index (Phi) is 5.70. The summed E-state index contributed by atoms with van der Waals surface area (Å²) in [6.07, 6.45) is -0.142. The van der Waals surface area contributed by atoms with Crippen molar-refractivity contribution in [3.05, 3.63) is 40.9 Å². The zero-order valence-electron chi connectivity index (χ0n) is 15.2. The Morgan fingerprint density at radius 3 is 2.52 bits per heavy atom. The molecule has 1 fully saturated rings. The molecule has 0 N–H and O–H groups in total. The van der Waals surface area contributed by atoms with Gasteiger partial charge in [0.1, 0.15) is 6.54 Å². The first-order valence-corrected chi connectivity index (χ1v) is 8.64. The molecule has 1 aromatic carbocycles. The normalized spacial score (nSPS) is 19.7. The van der Waals surface area contributed by atoms with Crippen LogP contribution >= 0.6 is 0 Å². The second-order valence-electron chi connectivity index (χ2n) is 6.41. The fraction of sp³-hybridized carbons (Fsp3) is 0.444. The SMILES string of the molecule is C[C@H]1CN(C(=O)COC(=O)Cn2nc(-c3ccccc3)oc2=O)C[C@H](C)O1. The van der Waals surface area contributed by atoms with Crippen molar-refractivity contribution >= 4 is 11.9 Å². The summed E-state index contributed by atoms with van der Waals surface area (Å²) in [7, 11) is 0. The van der Waals surface area contributed by atoms with E-state index in [0.29, 0.717) is 18.7 Å². The first kappa shape index (κ1) is 18.8. The standard InChI is InChI=1S/C18H21N3O6/c1-12-8-20(9-13(2)26-12)15(22)11-25-16(23)10-21-18(24)27-17(19-21)14-6-4-3-5-7-14/h3-7,12-13H,8-11H2,1-2H3/t12-,13-/m0/s1. The zero-order chi connectivity index (χ0) is 19.4. The van der Waals surface area contributed by atoms with Gasteiger partial charge in [-0.05, 0) is 26.0 Å². The van der Waals surface area contributed by atoms with Crippen molar-refractivity contribution in [1.82, 2.24) is 14.7 Å². The van der Waals surface area contributed by atoms with Crippen LogP contribution in [0.25, 0.3) is 11.5 Å². The molecule has 2 atom stereocenters. The maximum atomic E-state index is 12.2. The number of aromatic nitrogens is 2. The first-order chi connectivity index (χ1) is 12.9. The molecule has 9 nitrogen and oxygen atoms in total. The van der Waals surface area contributed by atoms with Gasteiger partial charge in [-0.1, -0.05) is 18.2 Å². The Morgan fingerprint density at radius 2 is 1.85 bits per heavy atom. The summed E-state index contributed by atoms with van der Waals surface area (Å²) in [5.41, 5.74) is 0.618. The van der Waals surface area contributed by atoms with Crippen LogP contribution in [0.15, 0.2) is 39.5 Å². The highest BCUT2D eigenvalue weighted by molar-refractivity contribution is 5.80. The van der Waals surface area contributed by atoms with Crippen LogP contribution < -0.4 is 5.76 Å². The largest absolute Gasteiger partial charge is 0.454 e. The van der Waals surface area contributed by atoms with E-state index in [0.717, 1.165) is 4.68 Å². The number of nitrogens with zero attached hydrogens (tertiary/aromatic N) is 3. The number of rotatable bonds is 5. The highest BCUT2D eigenvalue weighted by Crippen LogP contribution is 2.14. The fourth-order valence-corrected chi connectivity index (χ4v) is 2.89. The van der Waals surface area contributed by atoms with Gasteiger partial charge < -0.3 is 18.8 Å². The lowest BCUT2D eigenvalue weighted by molar-refractivity contribution is -0.157. The number of morpholine rings is 1. The summed E-state index contributed by atoms with van der Waals surface area (Å²) in [5.74, 6) is -1.70. The molecule has 144 valence electrons. The number of carbonyl (C=O) groups excluding carboxylic acids is 2. The minimum atomic E-state index is -0.770.